The van der Waals surface area contributed by atoms with Gasteiger partial charge in [0.2, 0.25) is 0 Å². The third-order valence-electron chi connectivity index (χ3n) is 4.70. The molecule has 6 heteroatoms. The second kappa shape index (κ2) is 11.7. The van der Waals surface area contributed by atoms with Crippen LogP contribution < -0.4 is 10.6 Å². The van der Waals surface area contributed by atoms with E-state index in [9.17, 15) is 0 Å². The molecule has 0 fully saturated rings. The predicted octanol–water partition coefficient (Wildman–Crippen LogP) is 2.50. The zero-order valence-electron chi connectivity index (χ0n) is 15.9. The Bertz CT molecular complexity index is 536. The number of rotatable bonds is 7. The number of ether oxygens (including phenoxy) is 1. The lowest BCUT2D eigenvalue weighted by Crippen LogP contribution is -2.51. The van der Waals surface area contributed by atoms with Crippen molar-refractivity contribution in [2.75, 3.05) is 40.4 Å². The molecule has 1 unspecified atom stereocenters. The highest BCUT2D eigenvalue weighted by Gasteiger charge is 2.25. The van der Waals surface area contributed by atoms with Crippen molar-refractivity contribution < 1.29 is 4.74 Å². The van der Waals surface area contributed by atoms with Crippen molar-refractivity contribution in [1.29, 1.82) is 0 Å². The summed E-state index contributed by atoms with van der Waals surface area (Å²) in [4.78, 5) is 6.89. The molecule has 0 saturated carbocycles. The molecule has 1 aromatic carbocycles. The van der Waals surface area contributed by atoms with Crippen molar-refractivity contribution in [3.05, 3.63) is 35.4 Å². The van der Waals surface area contributed by atoms with Crippen molar-refractivity contribution >= 4 is 29.9 Å². The summed E-state index contributed by atoms with van der Waals surface area (Å²) in [6, 6.07) is 9.30. The summed E-state index contributed by atoms with van der Waals surface area (Å²) in [5.74, 6) is 1.43. The molecule has 0 radical (unpaired) electrons. The Hall–Kier alpha value is -0.860. The number of hydrogen-bond acceptors (Lipinski definition) is 3. The molecule has 0 bridgehead atoms. The zero-order valence-corrected chi connectivity index (χ0v) is 18.2. The fourth-order valence-electron chi connectivity index (χ4n) is 3.28. The minimum Gasteiger partial charge on any atom is -0.383 e. The minimum absolute atomic E-state index is 0. The van der Waals surface area contributed by atoms with E-state index in [1.165, 1.54) is 11.1 Å². The molecule has 1 aliphatic rings. The summed E-state index contributed by atoms with van der Waals surface area (Å²) < 4.78 is 5.08. The molecule has 0 spiro atoms. The summed E-state index contributed by atoms with van der Waals surface area (Å²) >= 11 is 0. The average molecular weight is 460 g/mol. The largest absolute Gasteiger partial charge is 0.383 e. The molecule has 0 aliphatic carbocycles. The number of nitrogens with zero attached hydrogens (tertiary/aromatic N) is 2. The van der Waals surface area contributed by atoms with E-state index in [1.807, 2.05) is 7.05 Å². The molecule has 1 atom stereocenters. The number of halogens is 1. The van der Waals surface area contributed by atoms with Gasteiger partial charge in [0.1, 0.15) is 0 Å². The molecule has 1 aromatic rings. The van der Waals surface area contributed by atoms with Gasteiger partial charge in [-0.3, -0.25) is 9.89 Å². The molecule has 142 valence electrons. The van der Waals surface area contributed by atoms with Crippen LogP contribution in [0.1, 0.15) is 25.0 Å². The van der Waals surface area contributed by atoms with E-state index >= 15 is 0 Å². The zero-order chi connectivity index (χ0) is 17.4. The molecule has 0 aromatic heterocycles. The SMILES string of the molecule is CN=C(NCCOC)NCC(C(C)C)N1CCc2ccccc2C1.I. The quantitative estimate of drug-likeness (QED) is 0.284. The van der Waals surface area contributed by atoms with Gasteiger partial charge in [-0.25, -0.2) is 0 Å². The molecule has 0 saturated heterocycles. The number of guanidine groups is 1. The number of hydrogen-bond donors (Lipinski definition) is 2. The van der Waals surface area contributed by atoms with Crippen LogP contribution in [-0.4, -0.2) is 57.3 Å². The molecule has 1 heterocycles. The monoisotopic (exact) mass is 460 g/mol. The molecule has 2 N–H and O–H groups in total. The fraction of sp³-hybridized carbons (Fsp3) is 0.632. The van der Waals surface area contributed by atoms with Gasteiger partial charge in [-0.1, -0.05) is 38.1 Å². The highest BCUT2D eigenvalue weighted by Crippen LogP contribution is 2.22. The third-order valence-corrected chi connectivity index (χ3v) is 4.70. The van der Waals surface area contributed by atoms with Gasteiger partial charge in [0.15, 0.2) is 5.96 Å². The Balaban J connectivity index is 0.00000312. The van der Waals surface area contributed by atoms with Crippen molar-refractivity contribution in [3.8, 4) is 0 Å². The van der Waals surface area contributed by atoms with E-state index < -0.39 is 0 Å². The van der Waals surface area contributed by atoms with Gasteiger partial charge in [-0.2, -0.15) is 0 Å². The van der Waals surface area contributed by atoms with E-state index in [0.29, 0.717) is 18.6 Å². The summed E-state index contributed by atoms with van der Waals surface area (Å²) in [5.41, 5.74) is 2.97. The van der Waals surface area contributed by atoms with Crippen LogP contribution in [0, 0.1) is 5.92 Å². The first-order valence-corrected chi connectivity index (χ1v) is 8.90. The Morgan fingerprint density at radius 3 is 2.60 bits per heavy atom. The van der Waals surface area contributed by atoms with Crippen molar-refractivity contribution in [3.63, 3.8) is 0 Å². The summed E-state index contributed by atoms with van der Waals surface area (Å²) in [7, 11) is 3.52. The van der Waals surface area contributed by atoms with Gasteiger partial charge in [0.05, 0.1) is 6.61 Å². The van der Waals surface area contributed by atoms with Crippen LogP contribution in [0.4, 0.5) is 0 Å². The first-order valence-electron chi connectivity index (χ1n) is 8.90. The number of benzene rings is 1. The van der Waals surface area contributed by atoms with Crippen molar-refractivity contribution in [2.24, 2.45) is 10.9 Å². The lowest BCUT2D eigenvalue weighted by molar-refractivity contribution is 0.140. The molecule has 1 aliphatic heterocycles. The lowest BCUT2D eigenvalue weighted by Gasteiger charge is -2.38. The van der Waals surface area contributed by atoms with E-state index in [0.717, 1.165) is 38.6 Å². The van der Waals surface area contributed by atoms with Gasteiger partial charge in [-0.05, 0) is 23.5 Å². The Labute approximate surface area is 169 Å². The Kier molecular flexibility index (Phi) is 10.4. The molecular formula is C19H33IN4O. The van der Waals surface area contributed by atoms with Crippen LogP contribution in [0.2, 0.25) is 0 Å². The normalized spacial score (nSPS) is 16.1. The maximum Gasteiger partial charge on any atom is 0.191 e. The average Bonchev–Trinajstić information content (AvgIpc) is 2.60. The van der Waals surface area contributed by atoms with Gasteiger partial charge in [0.25, 0.3) is 0 Å². The van der Waals surface area contributed by atoms with Gasteiger partial charge >= 0.3 is 0 Å². The molecule has 5 nitrogen and oxygen atoms in total. The highest BCUT2D eigenvalue weighted by atomic mass is 127. The maximum atomic E-state index is 5.08. The topological polar surface area (TPSA) is 48.9 Å². The van der Waals surface area contributed by atoms with Gasteiger partial charge < -0.3 is 15.4 Å². The van der Waals surface area contributed by atoms with Crippen molar-refractivity contribution in [1.82, 2.24) is 15.5 Å². The highest BCUT2D eigenvalue weighted by molar-refractivity contribution is 14.0. The van der Waals surface area contributed by atoms with Crippen molar-refractivity contribution in [2.45, 2.75) is 32.9 Å². The molecule has 25 heavy (non-hydrogen) atoms. The minimum atomic E-state index is 0. The maximum absolute atomic E-state index is 5.08. The first-order chi connectivity index (χ1) is 11.7. The molecule has 0 amide bonds. The van der Waals surface area contributed by atoms with Crippen LogP contribution in [0.5, 0.6) is 0 Å². The van der Waals surface area contributed by atoms with Crippen LogP contribution >= 0.6 is 24.0 Å². The number of fused-ring (bicyclic) bond motifs is 1. The second-order valence-corrected chi connectivity index (χ2v) is 6.67. The van der Waals surface area contributed by atoms with Crippen LogP contribution in [0.3, 0.4) is 0 Å². The summed E-state index contributed by atoms with van der Waals surface area (Å²) in [6.07, 6.45) is 1.14. The van der Waals surface area contributed by atoms with E-state index in [1.54, 1.807) is 7.11 Å². The standard InChI is InChI=1S/C19H32N4O.HI/c1-15(2)18(13-22-19(20-3)21-10-12-24-4)23-11-9-16-7-5-6-8-17(16)14-23;/h5-8,15,18H,9-14H2,1-4H3,(H2,20,21,22);1H. The lowest BCUT2D eigenvalue weighted by atomic mass is 9.95. The number of nitrogens with one attached hydrogen (secondary N) is 2. The van der Waals surface area contributed by atoms with Crippen LogP contribution in [0.25, 0.3) is 0 Å². The summed E-state index contributed by atoms with van der Waals surface area (Å²) in [6.45, 7) is 9.10. The predicted molar refractivity (Wildman–Crippen MR) is 116 cm³/mol. The molecule has 2 rings (SSSR count). The van der Waals surface area contributed by atoms with Crippen LogP contribution in [-0.2, 0) is 17.7 Å². The number of aliphatic imine (C=N–C) groups is 1. The third kappa shape index (κ3) is 6.75. The fourth-order valence-corrected chi connectivity index (χ4v) is 3.28. The van der Waals surface area contributed by atoms with Crippen LogP contribution in [0.15, 0.2) is 29.3 Å². The van der Waals surface area contributed by atoms with E-state index in [4.69, 9.17) is 4.74 Å². The smallest absolute Gasteiger partial charge is 0.191 e. The van der Waals surface area contributed by atoms with Gasteiger partial charge in [-0.15, -0.1) is 24.0 Å². The Morgan fingerprint density at radius 2 is 1.96 bits per heavy atom. The second-order valence-electron chi connectivity index (χ2n) is 6.67. The summed E-state index contributed by atoms with van der Waals surface area (Å²) in [5, 5.41) is 6.75. The van der Waals surface area contributed by atoms with E-state index in [-0.39, 0.29) is 24.0 Å². The van der Waals surface area contributed by atoms with Gasteiger partial charge in [0, 0.05) is 46.4 Å². The Morgan fingerprint density at radius 1 is 1.24 bits per heavy atom. The molecular weight excluding hydrogens is 427 g/mol. The van der Waals surface area contributed by atoms with E-state index in [2.05, 4.69) is 58.6 Å². The first kappa shape index (κ1) is 22.2. The number of methoxy groups -OCH3 is 1.